The van der Waals surface area contributed by atoms with Crippen LogP contribution in [-0.2, 0) is 6.42 Å². The first-order valence-electron chi connectivity index (χ1n) is 5.91. The summed E-state index contributed by atoms with van der Waals surface area (Å²) in [5, 5.41) is 1.74. The van der Waals surface area contributed by atoms with E-state index in [0.717, 1.165) is 0 Å². The second kappa shape index (κ2) is 4.36. The molecule has 0 bridgehead atoms. The molecular weight excluding hydrogens is 196 g/mol. The van der Waals surface area contributed by atoms with E-state index in [-0.39, 0.29) is 8.80 Å². The summed E-state index contributed by atoms with van der Waals surface area (Å²) >= 11 is 0. The van der Waals surface area contributed by atoms with Crippen LogP contribution >= 0.6 is 0 Å². The summed E-state index contributed by atoms with van der Waals surface area (Å²) in [7, 11) is -0.282. The Morgan fingerprint density at radius 1 is 1.13 bits per heavy atom. The molecule has 15 heavy (non-hydrogen) atoms. The zero-order chi connectivity index (χ0) is 10.8. The van der Waals surface area contributed by atoms with Crippen molar-refractivity contribution in [2.45, 2.75) is 39.3 Å². The van der Waals surface area contributed by atoms with Crippen LogP contribution in [0.4, 0.5) is 0 Å². The van der Waals surface area contributed by atoms with Crippen molar-refractivity contribution in [3.8, 4) is 0 Å². The van der Waals surface area contributed by atoms with Crippen LogP contribution in [0.5, 0.6) is 0 Å². The summed E-state index contributed by atoms with van der Waals surface area (Å²) in [6.45, 7) is 7.02. The molecule has 79 valence electrons. The SMILES string of the molecule is CC[Si](CC)C1=C(C)Cc2ccccc21. The van der Waals surface area contributed by atoms with E-state index in [0.29, 0.717) is 0 Å². The largest absolute Gasteiger partial charge is 0.0858 e. The number of hydrogen-bond acceptors (Lipinski definition) is 0. The average molecular weight is 215 g/mol. The summed E-state index contributed by atoms with van der Waals surface area (Å²) in [6.07, 6.45) is 1.19. The summed E-state index contributed by atoms with van der Waals surface area (Å²) in [6, 6.07) is 11.7. The van der Waals surface area contributed by atoms with Crippen LogP contribution in [0.3, 0.4) is 0 Å². The van der Waals surface area contributed by atoms with Crippen LogP contribution in [0.2, 0.25) is 12.1 Å². The van der Waals surface area contributed by atoms with E-state index < -0.39 is 0 Å². The van der Waals surface area contributed by atoms with Crippen molar-refractivity contribution < 1.29 is 0 Å². The lowest BCUT2D eigenvalue weighted by molar-refractivity contribution is 1.19. The smallest absolute Gasteiger partial charge is 0.0693 e. The lowest BCUT2D eigenvalue weighted by Crippen LogP contribution is -2.12. The molecule has 0 saturated heterocycles. The van der Waals surface area contributed by atoms with E-state index in [1.165, 1.54) is 18.5 Å². The first-order chi connectivity index (χ1) is 7.27. The Balaban J connectivity index is 2.43. The van der Waals surface area contributed by atoms with Gasteiger partial charge in [0.25, 0.3) is 0 Å². The summed E-state index contributed by atoms with van der Waals surface area (Å²) in [5.74, 6) is 0. The molecule has 1 aliphatic rings. The summed E-state index contributed by atoms with van der Waals surface area (Å²) in [5.41, 5.74) is 4.75. The Hall–Kier alpha value is -0.823. The van der Waals surface area contributed by atoms with Crippen molar-refractivity contribution in [2.24, 2.45) is 0 Å². The lowest BCUT2D eigenvalue weighted by atomic mass is 10.1. The fraction of sp³-hybridized carbons (Fsp3) is 0.429. The van der Waals surface area contributed by atoms with Gasteiger partial charge in [-0.25, -0.2) is 0 Å². The quantitative estimate of drug-likeness (QED) is 0.666. The fourth-order valence-electron chi connectivity index (χ4n) is 2.62. The van der Waals surface area contributed by atoms with Crippen molar-refractivity contribution in [1.29, 1.82) is 0 Å². The third kappa shape index (κ3) is 1.81. The number of rotatable bonds is 3. The third-order valence-electron chi connectivity index (χ3n) is 3.38. The Bertz CT molecular complexity index is 386. The van der Waals surface area contributed by atoms with Crippen LogP contribution in [0.15, 0.2) is 29.8 Å². The van der Waals surface area contributed by atoms with E-state index in [1.54, 1.807) is 21.9 Å². The van der Waals surface area contributed by atoms with Crippen LogP contribution < -0.4 is 0 Å². The highest BCUT2D eigenvalue weighted by Gasteiger charge is 2.24. The first kappa shape index (κ1) is 10.7. The molecule has 0 nitrogen and oxygen atoms in total. The van der Waals surface area contributed by atoms with Gasteiger partial charge >= 0.3 is 0 Å². The van der Waals surface area contributed by atoms with Gasteiger partial charge in [-0.3, -0.25) is 0 Å². The lowest BCUT2D eigenvalue weighted by Gasteiger charge is -2.15. The third-order valence-corrected chi connectivity index (χ3v) is 6.49. The maximum Gasteiger partial charge on any atom is 0.0858 e. The maximum atomic E-state index is 2.35. The second-order valence-electron chi connectivity index (χ2n) is 4.30. The van der Waals surface area contributed by atoms with E-state index in [4.69, 9.17) is 0 Å². The van der Waals surface area contributed by atoms with Gasteiger partial charge in [0.2, 0.25) is 0 Å². The van der Waals surface area contributed by atoms with Gasteiger partial charge < -0.3 is 0 Å². The Kier molecular flexibility index (Phi) is 3.10. The molecule has 0 aliphatic heterocycles. The van der Waals surface area contributed by atoms with Crippen molar-refractivity contribution in [2.75, 3.05) is 0 Å². The number of hydrogen-bond donors (Lipinski definition) is 0. The van der Waals surface area contributed by atoms with Gasteiger partial charge in [0.1, 0.15) is 0 Å². The zero-order valence-electron chi connectivity index (χ0n) is 9.93. The van der Waals surface area contributed by atoms with Gasteiger partial charge in [-0.15, -0.1) is 0 Å². The molecule has 0 aromatic heterocycles. The molecule has 0 heterocycles. The van der Waals surface area contributed by atoms with Crippen LogP contribution in [0.25, 0.3) is 5.20 Å². The fourth-order valence-corrected chi connectivity index (χ4v) is 5.14. The predicted octanol–water partition coefficient (Wildman–Crippen LogP) is 4.09. The zero-order valence-corrected chi connectivity index (χ0v) is 10.9. The minimum atomic E-state index is -0.282. The first-order valence-corrected chi connectivity index (χ1v) is 7.82. The molecule has 2 rings (SSSR count). The van der Waals surface area contributed by atoms with E-state index in [1.807, 2.05) is 0 Å². The monoisotopic (exact) mass is 215 g/mol. The normalized spacial score (nSPS) is 14.9. The predicted molar refractivity (Wildman–Crippen MR) is 69.5 cm³/mol. The molecule has 0 saturated carbocycles. The number of allylic oxidation sites excluding steroid dienone is 1. The van der Waals surface area contributed by atoms with E-state index in [2.05, 4.69) is 45.0 Å². The molecule has 0 atom stereocenters. The van der Waals surface area contributed by atoms with Crippen molar-refractivity contribution >= 4 is 14.0 Å². The van der Waals surface area contributed by atoms with Crippen molar-refractivity contribution in [3.63, 3.8) is 0 Å². The molecule has 0 spiro atoms. The van der Waals surface area contributed by atoms with E-state index in [9.17, 15) is 0 Å². The summed E-state index contributed by atoms with van der Waals surface area (Å²) in [4.78, 5) is 0. The van der Waals surface area contributed by atoms with Crippen LogP contribution in [0, 0.1) is 0 Å². The van der Waals surface area contributed by atoms with Gasteiger partial charge in [-0.2, -0.15) is 0 Å². The van der Waals surface area contributed by atoms with Crippen LogP contribution in [0.1, 0.15) is 31.9 Å². The highest BCUT2D eigenvalue weighted by molar-refractivity contribution is 6.79. The standard InChI is InChI=1S/C14H19Si/c1-4-15(5-2)14-11(3)10-12-8-6-7-9-13(12)14/h6-9H,4-5,10H2,1-3H3. The van der Waals surface area contributed by atoms with Gasteiger partial charge in [0, 0.05) is 0 Å². The molecule has 0 N–H and O–H groups in total. The maximum absolute atomic E-state index is 2.35. The molecule has 1 aliphatic carbocycles. The molecule has 1 radical (unpaired) electrons. The Labute approximate surface area is 94.6 Å². The minimum Gasteiger partial charge on any atom is -0.0693 e. The van der Waals surface area contributed by atoms with Crippen molar-refractivity contribution in [3.05, 3.63) is 41.0 Å². The molecular formula is C14H19Si. The molecule has 1 aromatic rings. The van der Waals surface area contributed by atoms with Gasteiger partial charge in [-0.05, 0) is 24.5 Å². The Morgan fingerprint density at radius 3 is 2.47 bits per heavy atom. The van der Waals surface area contributed by atoms with Gasteiger partial charge in [0.15, 0.2) is 0 Å². The molecule has 1 aromatic carbocycles. The van der Waals surface area contributed by atoms with Gasteiger partial charge in [0.05, 0.1) is 8.80 Å². The second-order valence-corrected chi connectivity index (χ2v) is 7.42. The summed E-state index contributed by atoms with van der Waals surface area (Å²) < 4.78 is 0. The molecule has 0 unspecified atom stereocenters. The highest BCUT2D eigenvalue weighted by atomic mass is 28.3. The van der Waals surface area contributed by atoms with Crippen LogP contribution in [-0.4, -0.2) is 8.80 Å². The molecule has 1 heteroatoms. The van der Waals surface area contributed by atoms with E-state index >= 15 is 0 Å². The topological polar surface area (TPSA) is 0 Å². The van der Waals surface area contributed by atoms with Gasteiger partial charge in [-0.1, -0.05) is 61.0 Å². The Morgan fingerprint density at radius 2 is 1.80 bits per heavy atom. The highest BCUT2D eigenvalue weighted by Crippen LogP contribution is 2.35. The van der Waals surface area contributed by atoms with Crippen molar-refractivity contribution in [1.82, 2.24) is 0 Å². The minimum absolute atomic E-state index is 0.282. The molecule has 0 fully saturated rings. The number of fused-ring (bicyclic) bond motifs is 1. The average Bonchev–Trinajstić information content (AvgIpc) is 2.58. The molecule has 0 amide bonds. The number of benzene rings is 1.